The van der Waals surface area contributed by atoms with E-state index in [-0.39, 0.29) is 24.9 Å². The molecule has 1 aliphatic heterocycles. The Bertz CT molecular complexity index is 962. The van der Waals surface area contributed by atoms with Crippen LogP contribution in [0.1, 0.15) is 18.4 Å². The number of sulfonamides is 1. The summed E-state index contributed by atoms with van der Waals surface area (Å²) in [6.07, 6.45) is 1.34. The zero-order chi connectivity index (χ0) is 19.3. The third-order valence-electron chi connectivity index (χ3n) is 4.26. The Balaban J connectivity index is 1.57. The van der Waals surface area contributed by atoms with Gasteiger partial charge in [0.1, 0.15) is 4.21 Å². The van der Waals surface area contributed by atoms with Crippen molar-refractivity contribution in [1.29, 1.82) is 0 Å². The molecule has 0 spiro atoms. The topological polar surface area (TPSA) is 66.5 Å². The second kappa shape index (κ2) is 9.02. The van der Waals surface area contributed by atoms with E-state index < -0.39 is 10.0 Å². The standard InChI is InChI=1S/C19H19BrN2O3S2/c20-17-10-11-18(26-17)27(24,25)22-13-5-9-16(14-22)19(23)21-12-4-8-15-6-2-1-3-7-15/h1-3,6-7,10-11,16H,5,9,12-14H2,(H,21,23). The summed E-state index contributed by atoms with van der Waals surface area (Å²) in [5, 5.41) is 2.80. The number of carbonyl (C=O) groups is 1. The summed E-state index contributed by atoms with van der Waals surface area (Å²) in [6, 6.07) is 12.9. The molecule has 1 N–H and O–H groups in total. The first-order valence-corrected chi connectivity index (χ1v) is 11.6. The normalized spacial score (nSPS) is 17.7. The molecule has 3 rings (SSSR count). The van der Waals surface area contributed by atoms with E-state index in [1.54, 1.807) is 12.1 Å². The summed E-state index contributed by atoms with van der Waals surface area (Å²) in [5.74, 6) is 5.41. The van der Waals surface area contributed by atoms with Gasteiger partial charge in [0.2, 0.25) is 5.91 Å². The number of amides is 1. The molecule has 1 atom stereocenters. The highest BCUT2D eigenvalue weighted by Gasteiger charge is 2.33. The van der Waals surface area contributed by atoms with Gasteiger partial charge in [0.05, 0.1) is 16.2 Å². The van der Waals surface area contributed by atoms with E-state index in [1.165, 1.54) is 15.6 Å². The van der Waals surface area contributed by atoms with Crippen molar-refractivity contribution in [3.63, 3.8) is 0 Å². The number of carbonyl (C=O) groups excluding carboxylic acids is 1. The van der Waals surface area contributed by atoms with Crippen LogP contribution in [0.2, 0.25) is 0 Å². The molecule has 0 saturated carbocycles. The van der Waals surface area contributed by atoms with E-state index in [0.717, 1.165) is 9.35 Å². The van der Waals surface area contributed by atoms with Gasteiger partial charge in [-0.3, -0.25) is 4.79 Å². The van der Waals surface area contributed by atoms with Crippen molar-refractivity contribution >= 4 is 43.2 Å². The molecular weight excluding hydrogens is 448 g/mol. The van der Waals surface area contributed by atoms with Crippen LogP contribution in [0.5, 0.6) is 0 Å². The predicted molar refractivity (Wildman–Crippen MR) is 110 cm³/mol. The highest BCUT2D eigenvalue weighted by Crippen LogP contribution is 2.30. The van der Waals surface area contributed by atoms with E-state index in [4.69, 9.17) is 0 Å². The number of benzene rings is 1. The minimum atomic E-state index is -3.55. The Morgan fingerprint density at radius 1 is 1.26 bits per heavy atom. The van der Waals surface area contributed by atoms with Crippen molar-refractivity contribution in [1.82, 2.24) is 9.62 Å². The first kappa shape index (κ1) is 20.1. The van der Waals surface area contributed by atoms with Crippen LogP contribution >= 0.6 is 27.3 Å². The van der Waals surface area contributed by atoms with Gasteiger partial charge in [0.15, 0.2) is 0 Å². The van der Waals surface area contributed by atoms with Gasteiger partial charge in [-0.1, -0.05) is 30.0 Å². The molecule has 2 aromatic rings. The summed E-state index contributed by atoms with van der Waals surface area (Å²) in [6.45, 7) is 0.889. The first-order valence-electron chi connectivity index (χ1n) is 8.54. The highest BCUT2D eigenvalue weighted by molar-refractivity contribution is 9.11. The molecule has 142 valence electrons. The average molecular weight is 467 g/mol. The highest BCUT2D eigenvalue weighted by atomic mass is 79.9. The van der Waals surface area contributed by atoms with Crippen LogP contribution in [0.3, 0.4) is 0 Å². The van der Waals surface area contributed by atoms with Gasteiger partial charge >= 0.3 is 0 Å². The molecule has 1 aromatic heterocycles. The van der Waals surface area contributed by atoms with Crippen molar-refractivity contribution in [2.24, 2.45) is 5.92 Å². The first-order chi connectivity index (χ1) is 13.0. The number of thiophene rings is 1. The van der Waals surface area contributed by atoms with Gasteiger partial charge in [-0.25, -0.2) is 8.42 Å². The van der Waals surface area contributed by atoms with Gasteiger partial charge in [-0.2, -0.15) is 4.31 Å². The van der Waals surface area contributed by atoms with Crippen LogP contribution < -0.4 is 5.32 Å². The Labute approximate surface area is 172 Å². The zero-order valence-electron chi connectivity index (χ0n) is 14.5. The van der Waals surface area contributed by atoms with Crippen molar-refractivity contribution < 1.29 is 13.2 Å². The molecule has 1 aromatic carbocycles. The second-order valence-corrected chi connectivity index (χ2v) is 10.8. The summed E-state index contributed by atoms with van der Waals surface area (Å²) < 4.78 is 28.0. The van der Waals surface area contributed by atoms with Crippen molar-refractivity contribution in [2.45, 2.75) is 17.1 Å². The summed E-state index contributed by atoms with van der Waals surface area (Å²) in [5.41, 5.74) is 0.892. The molecule has 1 amide bonds. The zero-order valence-corrected chi connectivity index (χ0v) is 17.7. The van der Waals surface area contributed by atoms with Crippen LogP contribution in [0.15, 0.2) is 50.5 Å². The maximum Gasteiger partial charge on any atom is 0.252 e. The lowest BCUT2D eigenvalue weighted by molar-refractivity contribution is -0.125. The van der Waals surface area contributed by atoms with E-state index in [0.29, 0.717) is 23.6 Å². The number of nitrogens with zero attached hydrogens (tertiary/aromatic N) is 1. The Kier molecular flexibility index (Phi) is 6.71. The maximum absolute atomic E-state index is 12.7. The molecule has 1 aliphatic rings. The van der Waals surface area contributed by atoms with Gasteiger partial charge in [-0.05, 0) is 53.0 Å². The maximum atomic E-state index is 12.7. The Morgan fingerprint density at radius 3 is 2.74 bits per heavy atom. The van der Waals surface area contributed by atoms with Gasteiger partial charge in [0, 0.05) is 18.7 Å². The number of hydrogen-bond donors (Lipinski definition) is 1. The summed E-state index contributed by atoms with van der Waals surface area (Å²) in [4.78, 5) is 12.4. The molecule has 5 nitrogen and oxygen atoms in total. The average Bonchev–Trinajstić information content (AvgIpc) is 3.13. The molecule has 1 saturated heterocycles. The van der Waals surface area contributed by atoms with E-state index >= 15 is 0 Å². The molecule has 1 fully saturated rings. The fourth-order valence-corrected chi connectivity index (χ4v) is 6.57. The fraction of sp³-hybridized carbons (Fsp3) is 0.316. The fourth-order valence-electron chi connectivity index (χ4n) is 2.88. The van der Waals surface area contributed by atoms with Crippen LogP contribution in [0.25, 0.3) is 0 Å². The number of hydrogen-bond acceptors (Lipinski definition) is 4. The third kappa shape index (κ3) is 5.20. The minimum absolute atomic E-state index is 0.148. The second-order valence-electron chi connectivity index (χ2n) is 6.15. The van der Waals surface area contributed by atoms with Crippen LogP contribution in [0, 0.1) is 17.8 Å². The SMILES string of the molecule is O=C(NCC#Cc1ccccc1)C1CCCN(S(=O)(=O)c2ccc(Br)s2)C1. The number of piperidine rings is 1. The van der Waals surface area contributed by atoms with Crippen LogP contribution in [-0.4, -0.2) is 38.3 Å². The molecule has 0 aliphatic carbocycles. The molecule has 27 heavy (non-hydrogen) atoms. The lowest BCUT2D eigenvalue weighted by Gasteiger charge is -2.30. The molecular formula is C19H19BrN2O3S2. The molecule has 8 heteroatoms. The van der Waals surface area contributed by atoms with E-state index in [1.807, 2.05) is 30.3 Å². The molecule has 1 unspecified atom stereocenters. The van der Waals surface area contributed by atoms with Crippen molar-refractivity contribution in [2.75, 3.05) is 19.6 Å². The van der Waals surface area contributed by atoms with Crippen LogP contribution in [0.4, 0.5) is 0 Å². The number of halogens is 1. The smallest absolute Gasteiger partial charge is 0.252 e. The molecule has 0 radical (unpaired) electrons. The van der Waals surface area contributed by atoms with Crippen LogP contribution in [-0.2, 0) is 14.8 Å². The lowest BCUT2D eigenvalue weighted by Crippen LogP contribution is -2.45. The third-order valence-corrected chi connectivity index (χ3v) is 8.21. The van der Waals surface area contributed by atoms with Gasteiger partial charge in [-0.15, -0.1) is 11.3 Å². The summed E-state index contributed by atoms with van der Waals surface area (Å²) in [7, 11) is -3.55. The number of nitrogens with one attached hydrogen (secondary N) is 1. The van der Waals surface area contributed by atoms with Gasteiger partial charge in [0.25, 0.3) is 10.0 Å². The van der Waals surface area contributed by atoms with Crippen molar-refractivity contribution in [3.8, 4) is 11.8 Å². The van der Waals surface area contributed by atoms with E-state index in [9.17, 15) is 13.2 Å². The monoisotopic (exact) mass is 466 g/mol. The molecule has 2 heterocycles. The predicted octanol–water partition coefficient (Wildman–Crippen LogP) is 3.08. The Morgan fingerprint density at radius 2 is 2.04 bits per heavy atom. The minimum Gasteiger partial charge on any atom is -0.345 e. The quantitative estimate of drug-likeness (QED) is 0.703. The number of rotatable bonds is 4. The largest absolute Gasteiger partial charge is 0.345 e. The van der Waals surface area contributed by atoms with E-state index in [2.05, 4.69) is 33.1 Å². The summed E-state index contributed by atoms with van der Waals surface area (Å²) >= 11 is 4.48. The lowest BCUT2D eigenvalue weighted by atomic mass is 9.99. The molecule has 0 bridgehead atoms. The Hall–Kier alpha value is -1.66. The van der Waals surface area contributed by atoms with Crippen molar-refractivity contribution in [3.05, 3.63) is 51.8 Å². The van der Waals surface area contributed by atoms with Gasteiger partial charge < -0.3 is 5.32 Å².